The summed E-state index contributed by atoms with van der Waals surface area (Å²) in [7, 11) is 0. The first-order chi connectivity index (χ1) is 6.95. The zero-order chi connectivity index (χ0) is 11.5. The zero-order valence-electron chi connectivity index (χ0n) is 7.76. The Kier molecular flexibility index (Phi) is 4.16. The largest absolute Gasteiger partial charge is 0.396 e. The first-order valence-corrected chi connectivity index (χ1v) is 5.15. The predicted octanol–water partition coefficient (Wildman–Crippen LogP) is 3.16. The third kappa shape index (κ3) is 3.50. The summed E-state index contributed by atoms with van der Waals surface area (Å²) in [5.74, 6) is -1.70. The second kappa shape index (κ2) is 4.99. The van der Waals surface area contributed by atoms with Crippen LogP contribution >= 0.6 is 15.9 Å². The molecule has 0 amide bonds. The molecule has 0 bridgehead atoms. The summed E-state index contributed by atoms with van der Waals surface area (Å²) in [6, 6.07) is 6.69. The lowest BCUT2D eigenvalue weighted by molar-refractivity contribution is -0.183. The smallest absolute Gasteiger partial charge is 0.394 e. The summed E-state index contributed by atoms with van der Waals surface area (Å²) in [5, 5.41) is 8.68. The number of alkyl halides is 3. The van der Waals surface area contributed by atoms with E-state index in [4.69, 9.17) is 5.11 Å². The fourth-order valence-corrected chi connectivity index (χ4v) is 1.66. The molecule has 1 N–H and O–H groups in total. The fourth-order valence-electron chi connectivity index (χ4n) is 1.21. The number of hydrogen-bond acceptors (Lipinski definition) is 1. The molecule has 0 spiro atoms. The molecule has 0 saturated carbocycles. The van der Waals surface area contributed by atoms with Crippen molar-refractivity contribution in [2.45, 2.75) is 12.6 Å². The van der Waals surface area contributed by atoms with Crippen molar-refractivity contribution >= 4 is 15.9 Å². The van der Waals surface area contributed by atoms with Crippen molar-refractivity contribution < 1.29 is 18.3 Å². The Morgan fingerprint density at radius 3 is 2.33 bits per heavy atom. The van der Waals surface area contributed by atoms with Crippen LogP contribution in [0.15, 0.2) is 28.7 Å². The van der Waals surface area contributed by atoms with Crippen molar-refractivity contribution in [3.8, 4) is 0 Å². The molecule has 0 radical (unpaired) electrons. The first-order valence-electron chi connectivity index (χ1n) is 4.36. The summed E-state index contributed by atoms with van der Waals surface area (Å²) >= 11 is 3.17. The van der Waals surface area contributed by atoms with Crippen molar-refractivity contribution in [1.29, 1.82) is 0 Å². The average molecular weight is 283 g/mol. The normalized spacial score (nSPS) is 13.9. The van der Waals surface area contributed by atoms with E-state index < -0.39 is 18.7 Å². The van der Waals surface area contributed by atoms with Gasteiger partial charge in [0.2, 0.25) is 0 Å². The van der Waals surface area contributed by atoms with Crippen molar-refractivity contribution in [1.82, 2.24) is 0 Å². The Balaban J connectivity index is 2.80. The summed E-state index contributed by atoms with van der Waals surface area (Å²) in [4.78, 5) is 0. The van der Waals surface area contributed by atoms with Gasteiger partial charge in [0.25, 0.3) is 0 Å². The van der Waals surface area contributed by atoms with E-state index in [9.17, 15) is 13.2 Å². The molecule has 5 heteroatoms. The molecule has 0 saturated heterocycles. The van der Waals surface area contributed by atoms with Crippen LogP contribution in [-0.4, -0.2) is 17.9 Å². The van der Waals surface area contributed by atoms with Crippen LogP contribution in [0, 0.1) is 5.92 Å². The van der Waals surface area contributed by atoms with Gasteiger partial charge in [0.15, 0.2) is 0 Å². The zero-order valence-corrected chi connectivity index (χ0v) is 9.35. The van der Waals surface area contributed by atoms with Crippen LogP contribution in [0.2, 0.25) is 0 Å². The van der Waals surface area contributed by atoms with Gasteiger partial charge in [-0.3, -0.25) is 0 Å². The number of rotatable bonds is 3. The van der Waals surface area contributed by atoms with E-state index in [1.807, 2.05) is 0 Å². The van der Waals surface area contributed by atoms with Crippen LogP contribution in [0.1, 0.15) is 5.56 Å². The molecule has 0 aliphatic rings. The van der Waals surface area contributed by atoms with E-state index >= 15 is 0 Å². The monoisotopic (exact) mass is 282 g/mol. The number of aliphatic hydroxyl groups excluding tert-OH is 1. The molecule has 0 fully saturated rings. The molecule has 1 rings (SSSR count). The van der Waals surface area contributed by atoms with Crippen molar-refractivity contribution in [2.24, 2.45) is 5.92 Å². The second-order valence-corrected chi connectivity index (χ2v) is 4.07. The van der Waals surface area contributed by atoms with Crippen molar-refractivity contribution in [3.05, 3.63) is 34.3 Å². The topological polar surface area (TPSA) is 20.2 Å². The predicted molar refractivity (Wildman–Crippen MR) is 54.5 cm³/mol. The maximum atomic E-state index is 12.4. The van der Waals surface area contributed by atoms with Gasteiger partial charge >= 0.3 is 6.18 Å². The summed E-state index contributed by atoms with van der Waals surface area (Å²) in [5.41, 5.74) is 0.550. The van der Waals surface area contributed by atoms with Crippen molar-refractivity contribution in [3.63, 3.8) is 0 Å². The van der Waals surface area contributed by atoms with Gasteiger partial charge in [0.05, 0.1) is 12.5 Å². The van der Waals surface area contributed by atoms with E-state index in [2.05, 4.69) is 15.9 Å². The molecule has 1 aromatic rings. The third-order valence-electron chi connectivity index (χ3n) is 2.11. The third-order valence-corrected chi connectivity index (χ3v) is 2.88. The Morgan fingerprint density at radius 2 is 1.87 bits per heavy atom. The lowest BCUT2D eigenvalue weighted by Crippen LogP contribution is -2.28. The minimum Gasteiger partial charge on any atom is -0.396 e. The highest BCUT2D eigenvalue weighted by atomic mass is 79.9. The fraction of sp³-hybridized carbons (Fsp3) is 0.400. The van der Waals surface area contributed by atoms with Gasteiger partial charge < -0.3 is 5.11 Å². The van der Waals surface area contributed by atoms with Crippen LogP contribution in [0.5, 0.6) is 0 Å². The molecule has 0 aromatic heterocycles. The van der Waals surface area contributed by atoms with Crippen LogP contribution in [0.3, 0.4) is 0 Å². The minimum absolute atomic E-state index is 0.207. The quantitative estimate of drug-likeness (QED) is 0.903. The van der Waals surface area contributed by atoms with E-state index in [0.717, 1.165) is 0 Å². The highest BCUT2D eigenvalue weighted by molar-refractivity contribution is 9.10. The Bertz CT molecular complexity index is 325. The number of aliphatic hydroxyl groups is 1. The lowest BCUT2D eigenvalue weighted by Gasteiger charge is -2.18. The Hall–Kier alpha value is -0.550. The Morgan fingerprint density at radius 1 is 1.27 bits per heavy atom. The van der Waals surface area contributed by atoms with Crippen LogP contribution in [-0.2, 0) is 6.42 Å². The molecule has 0 heterocycles. The molecule has 1 atom stereocenters. The molecular weight excluding hydrogens is 273 g/mol. The maximum Gasteiger partial charge on any atom is 0.394 e. The summed E-state index contributed by atoms with van der Waals surface area (Å²) in [6.07, 6.45) is -4.56. The first kappa shape index (κ1) is 12.5. The van der Waals surface area contributed by atoms with Gasteiger partial charge in [-0.2, -0.15) is 13.2 Å². The van der Waals surface area contributed by atoms with Crippen LogP contribution < -0.4 is 0 Å². The van der Waals surface area contributed by atoms with E-state index in [1.165, 1.54) is 0 Å². The highest BCUT2D eigenvalue weighted by Gasteiger charge is 2.39. The molecule has 0 aliphatic heterocycles. The van der Waals surface area contributed by atoms with Gasteiger partial charge in [-0.15, -0.1) is 0 Å². The molecule has 1 unspecified atom stereocenters. The Labute approximate surface area is 94.0 Å². The highest BCUT2D eigenvalue weighted by Crippen LogP contribution is 2.30. The standard InChI is InChI=1S/C10H10BrF3O/c11-9-4-2-1-3-7(9)5-8(6-15)10(12,13)14/h1-4,8,15H,5-6H2. The SMILES string of the molecule is OCC(Cc1ccccc1Br)C(F)(F)F. The minimum atomic E-state index is -4.36. The van der Waals surface area contributed by atoms with Crippen LogP contribution in [0.4, 0.5) is 13.2 Å². The van der Waals surface area contributed by atoms with Gasteiger partial charge in [-0.1, -0.05) is 34.1 Å². The summed E-state index contributed by atoms with van der Waals surface area (Å²) < 4.78 is 37.7. The average Bonchev–Trinajstić information content (AvgIpc) is 2.14. The molecule has 0 aliphatic carbocycles. The molecule has 15 heavy (non-hydrogen) atoms. The van der Waals surface area contributed by atoms with Crippen molar-refractivity contribution in [2.75, 3.05) is 6.61 Å². The number of halogens is 4. The van der Waals surface area contributed by atoms with E-state index in [1.54, 1.807) is 24.3 Å². The lowest BCUT2D eigenvalue weighted by atomic mass is 10.00. The molecule has 84 valence electrons. The molecule has 1 nitrogen and oxygen atoms in total. The summed E-state index contributed by atoms with van der Waals surface area (Å²) in [6.45, 7) is -0.884. The van der Waals surface area contributed by atoms with E-state index in [-0.39, 0.29) is 6.42 Å². The van der Waals surface area contributed by atoms with Crippen LogP contribution in [0.25, 0.3) is 0 Å². The van der Waals surface area contributed by atoms with Gasteiger partial charge in [-0.25, -0.2) is 0 Å². The number of benzene rings is 1. The molecular formula is C10H10BrF3O. The van der Waals surface area contributed by atoms with Gasteiger partial charge in [-0.05, 0) is 18.1 Å². The number of hydrogen-bond donors (Lipinski definition) is 1. The maximum absolute atomic E-state index is 12.4. The molecule has 1 aromatic carbocycles. The van der Waals surface area contributed by atoms with Gasteiger partial charge in [0, 0.05) is 4.47 Å². The second-order valence-electron chi connectivity index (χ2n) is 3.22. The van der Waals surface area contributed by atoms with Gasteiger partial charge in [0.1, 0.15) is 0 Å². The van der Waals surface area contributed by atoms with E-state index in [0.29, 0.717) is 10.0 Å².